The zero-order valence-corrected chi connectivity index (χ0v) is 27.7. The van der Waals surface area contributed by atoms with Crippen molar-refractivity contribution in [3.63, 3.8) is 0 Å². The number of sulfonamides is 1. The molecule has 4 heterocycles. The Labute approximate surface area is 280 Å². The lowest BCUT2D eigenvalue weighted by Gasteiger charge is -2.47. The summed E-state index contributed by atoms with van der Waals surface area (Å²) >= 11 is 0. The fourth-order valence-corrected chi connectivity index (χ4v) is 8.76. The van der Waals surface area contributed by atoms with Gasteiger partial charge >= 0.3 is 0 Å². The number of aromatic nitrogens is 2. The van der Waals surface area contributed by atoms with E-state index < -0.39 is 15.6 Å². The lowest BCUT2D eigenvalue weighted by Crippen LogP contribution is -2.58. The zero-order chi connectivity index (χ0) is 33.3. The molecule has 0 radical (unpaired) electrons. The van der Waals surface area contributed by atoms with Crippen LogP contribution in [0.25, 0.3) is 10.9 Å². The number of anilines is 2. The molecule has 7 rings (SSSR count). The van der Waals surface area contributed by atoms with E-state index in [1.54, 1.807) is 42.7 Å². The molecule has 1 fully saturated rings. The topological polar surface area (TPSA) is 112 Å². The molecule has 2 aromatic heterocycles. The molecule has 0 amide bonds. The fourth-order valence-electron chi connectivity index (χ4n) is 7.08. The quantitative estimate of drug-likeness (QED) is 0.200. The second kappa shape index (κ2) is 12.8. The second-order valence-electron chi connectivity index (χ2n) is 11.7. The van der Waals surface area contributed by atoms with Crippen molar-refractivity contribution in [2.24, 2.45) is 0 Å². The predicted octanol–water partition coefficient (Wildman–Crippen LogP) is 5.57. The molecule has 3 aromatic carbocycles. The van der Waals surface area contributed by atoms with Gasteiger partial charge in [0.15, 0.2) is 0 Å². The predicted molar refractivity (Wildman–Crippen MR) is 185 cm³/mol. The van der Waals surface area contributed by atoms with Gasteiger partial charge in [-0.2, -0.15) is 5.26 Å². The van der Waals surface area contributed by atoms with Gasteiger partial charge in [0.05, 0.1) is 48.1 Å². The Hall–Kier alpha value is -5.18. The molecule has 11 heteroatoms. The van der Waals surface area contributed by atoms with Crippen molar-refractivity contribution in [3.05, 3.63) is 114 Å². The van der Waals surface area contributed by atoms with E-state index in [2.05, 4.69) is 25.8 Å². The molecule has 5 aromatic rings. The molecule has 244 valence electrons. The molecular weight excluding hydrogens is 625 g/mol. The van der Waals surface area contributed by atoms with Crippen LogP contribution in [0.1, 0.15) is 30.5 Å². The number of hydrogen-bond acceptors (Lipinski definition) is 9. The molecular formula is C37H36N6O4S. The van der Waals surface area contributed by atoms with Crippen molar-refractivity contribution in [3.8, 4) is 17.7 Å². The van der Waals surface area contributed by atoms with Crippen LogP contribution in [0, 0.1) is 11.3 Å². The number of benzene rings is 3. The van der Waals surface area contributed by atoms with Crippen molar-refractivity contribution in [2.75, 3.05) is 55.1 Å². The lowest BCUT2D eigenvalue weighted by atomic mass is 9.81. The number of pyridine rings is 2. The van der Waals surface area contributed by atoms with Gasteiger partial charge in [-0.15, -0.1) is 0 Å². The van der Waals surface area contributed by atoms with Gasteiger partial charge in [-0.3, -0.25) is 14.2 Å². The smallest absolute Gasteiger partial charge is 0.266 e. The molecule has 0 saturated carbocycles. The van der Waals surface area contributed by atoms with Crippen molar-refractivity contribution in [1.29, 1.82) is 5.26 Å². The maximum Gasteiger partial charge on any atom is 0.266 e. The van der Waals surface area contributed by atoms with Crippen LogP contribution in [0.15, 0.2) is 102 Å². The Morgan fingerprint density at radius 1 is 0.833 bits per heavy atom. The SMILES string of the molecule is CCOc1cc(N2CCN(C3(c4ccccc4OCC)CN(S(=O)(=O)c4cccc5cccnc45)c4ccc(C#N)cc43)CC2)ccn1. The fraction of sp³-hybridized carbons (Fsp3) is 0.270. The molecule has 2 aliphatic rings. The highest BCUT2D eigenvalue weighted by Gasteiger charge is 2.53. The molecule has 2 aliphatic heterocycles. The Morgan fingerprint density at radius 2 is 1.62 bits per heavy atom. The second-order valence-corrected chi connectivity index (χ2v) is 13.6. The normalized spacial score (nSPS) is 18.0. The number of fused-ring (bicyclic) bond motifs is 2. The summed E-state index contributed by atoms with van der Waals surface area (Å²) in [5, 5.41) is 10.8. The summed E-state index contributed by atoms with van der Waals surface area (Å²) in [5.74, 6) is 1.26. The van der Waals surface area contributed by atoms with Crippen LogP contribution >= 0.6 is 0 Å². The number of ether oxygens (including phenoxy) is 2. The molecule has 0 bridgehead atoms. The summed E-state index contributed by atoms with van der Waals surface area (Å²) in [4.78, 5) is 13.6. The Morgan fingerprint density at radius 3 is 2.42 bits per heavy atom. The van der Waals surface area contributed by atoms with E-state index in [0.717, 1.165) is 22.2 Å². The van der Waals surface area contributed by atoms with Crippen LogP contribution in [0.2, 0.25) is 0 Å². The van der Waals surface area contributed by atoms with Crippen LogP contribution in [0.3, 0.4) is 0 Å². The average Bonchev–Trinajstić information content (AvgIpc) is 3.48. The summed E-state index contributed by atoms with van der Waals surface area (Å²) in [7, 11) is -4.12. The summed E-state index contributed by atoms with van der Waals surface area (Å²) in [6, 6.07) is 28.2. The molecule has 0 aliphatic carbocycles. The third-order valence-corrected chi connectivity index (χ3v) is 11.0. The molecule has 48 heavy (non-hydrogen) atoms. The van der Waals surface area contributed by atoms with Gasteiger partial charge in [0.1, 0.15) is 10.6 Å². The highest BCUT2D eigenvalue weighted by atomic mass is 32.2. The van der Waals surface area contributed by atoms with Gasteiger partial charge in [0.25, 0.3) is 10.0 Å². The number of nitrogens with zero attached hydrogens (tertiary/aromatic N) is 6. The minimum atomic E-state index is -4.12. The van der Waals surface area contributed by atoms with Crippen molar-refractivity contribution in [1.82, 2.24) is 14.9 Å². The van der Waals surface area contributed by atoms with Gasteiger partial charge in [-0.1, -0.05) is 36.4 Å². The van der Waals surface area contributed by atoms with Crippen molar-refractivity contribution in [2.45, 2.75) is 24.3 Å². The van der Waals surface area contributed by atoms with Crippen molar-refractivity contribution >= 4 is 32.3 Å². The molecule has 1 atom stereocenters. The summed E-state index contributed by atoms with van der Waals surface area (Å²) in [6.45, 7) is 7.54. The highest BCUT2D eigenvalue weighted by molar-refractivity contribution is 7.93. The van der Waals surface area contributed by atoms with Gasteiger partial charge in [-0.05, 0) is 56.3 Å². The van der Waals surface area contributed by atoms with Gasteiger partial charge in [0.2, 0.25) is 5.88 Å². The van der Waals surface area contributed by atoms with Crippen molar-refractivity contribution < 1.29 is 17.9 Å². The molecule has 0 N–H and O–H groups in total. The number of para-hydroxylation sites is 2. The van der Waals surface area contributed by atoms with Crippen LogP contribution in [-0.4, -0.2) is 69.2 Å². The van der Waals surface area contributed by atoms with Crippen LogP contribution in [-0.2, 0) is 15.6 Å². The maximum atomic E-state index is 14.8. The Kier molecular flexibility index (Phi) is 8.37. The van der Waals surface area contributed by atoms with Crippen LogP contribution in [0.5, 0.6) is 11.6 Å². The van der Waals surface area contributed by atoms with E-state index in [9.17, 15) is 13.7 Å². The van der Waals surface area contributed by atoms with Gasteiger partial charge in [0, 0.05) is 66.8 Å². The molecule has 0 spiro atoms. The third-order valence-electron chi connectivity index (χ3n) is 9.20. The summed E-state index contributed by atoms with van der Waals surface area (Å²) in [6.07, 6.45) is 3.37. The van der Waals surface area contributed by atoms with Gasteiger partial charge in [-0.25, -0.2) is 13.4 Å². The van der Waals surface area contributed by atoms with Crippen LogP contribution in [0.4, 0.5) is 11.4 Å². The maximum absolute atomic E-state index is 14.8. The zero-order valence-electron chi connectivity index (χ0n) is 26.9. The van der Waals surface area contributed by atoms with Gasteiger partial charge < -0.3 is 14.4 Å². The highest BCUT2D eigenvalue weighted by Crippen LogP contribution is 2.52. The van der Waals surface area contributed by atoms with E-state index in [4.69, 9.17) is 9.47 Å². The van der Waals surface area contributed by atoms with E-state index in [1.165, 1.54) is 4.31 Å². The summed E-state index contributed by atoms with van der Waals surface area (Å²) < 4.78 is 43.1. The Balaban J connectivity index is 1.38. The first-order valence-electron chi connectivity index (χ1n) is 16.1. The minimum Gasteiger partial charge on any atom is -0.494 e. The minimum absolute atomic E-state index is 0.0939. The lowest BCUT2D eigenvalue weighted by molar-refractivity contribution is 0.124. The van der Waals surface area contributed by atoms with E-state index >= 15 is 0 Å². The Bertz CT molecular complexity index is 2120. The molecule has 1 unspecified atom stereocenters. The van der Waals surface area contributed by atoms with Crippen LogP contribution < -0.4 is 18.7 Å². The number of rotatable bonds is 9. The van der Waals surface area contributed by atoms with E-state index in [0.29, 0.717) is 67.8 Å². The number of piperazine rings is 1. The monoisotopic (exact) mass is 660 g/mol. The number of hydrogen-bond donors (Lipinski definition) is 0. The molecule has 1 saturated heterocycles. The first-order chi connectivity index (χ1) is 23.4. The van der Waals surface area contributed by atoms with E-state index in [1.807, 2.05) is 68.4 Å². The number of nitriles is 1. The third kappa shape index (κ3) is 5.27. The summed E-state index contributed by atoms with van der Waals surface area (Å²) in [5.41, 5.74) is 3.07. The van der Waals surface area contributed by atoms with E-state index in [-0.39, 0.29) is 11.4 Å². The first kappa shape index (κ1) is 31.4. The molecule has 10 nitrogen and oxygen atoms in total. The largest absolute Gasteiger partial charge is 0.494 e. The standard InChI is InChI=1S/C37H36N6O4S/c1-3-46-33-12-6-5-11-30(33)37(42-21-19-41(20-22-42)29-16-18-39-35(24-29)47-4-2)26-43(32-15-14-27(25-38)23-31(32)37)48(44,45)34-13-7-9-28-10-8-17-40-36(28)34/h5-18,23-24H,3-4,19-22,26H2,1-2H3. The first-order valence-corrected chi connectivity index (χ1v) is 17.6. The average molecular weight is 661 g/mol.